The molecular formula is C71H138O6. The summed E-state index contributed by atoms with van der Waals surface area (Å²) in [5, 5.41) is 0. The fraction of sp³-hybridized carbons (Fsp3) is 0.958. The van der Waals surface area contributed by atoms with Crippen molar-refractivity contribution in [3.8, 4) is 0 Å². The van der Waals surface area contributed by atoms with Gasteiger partial charge in [-0.05, 0) is 19.3 Å². The third-order valence-corrected chi connectivity index (χ3v) is 16.6. The summed E-state index contributed by atoms with van der Waals surface area (Å²) in [4.78, 5) is 38.3. The van der Waals surface area contributed by atoms with E-state index in [1.54, 1.807) is 0 Å². The van der Waals surface area contributed by atoms with Crippen LogP contribution >= 0.6 is 0 Å². The van der Waals surface area contributed by atoms with E-state index in [-0.39, 0.29) is 31.1 Å². The molecule has 6 heteroatoms. The minimum absolute atomic E-state index is 0.0607. The van der Waals surface area contributed by atoms with Crippen LogP contribution in [-0.4, -0.2) is 37.2 Å². The van der Waals surface area contributed by atoms with E-state index in [2.05, 4.69) is 20.8 Å². The maximum atomic E-state index is 12.9. The normalized spacial score (nSPS) is 11.9. The van der Waals surface area contributed by atoms with Crippen LogP contribution in [0.2, 0.25) is 0 Å². The molecule has 6 nitrogen and oxygen atoms in total. The third kappa shape index (κ3) is 65.1. The highest BCUT2D eigenvalue weighted by Gasteiger charge is 2.19. The molecule has 0 saturated heterocycles. The van der Waals surface area contributed by atoms with Gasteiger partial charge < -0.3 is 14.2 Å². The average Bonchev–Trinajstić information content (AvgIpc) is 3.43. The molecule has 1 atom stereocenters. The van der Waals surface area contributed by atoms with Crippen molar-refractivity contribution in [1.29, 1.82) is 0 Å². The lowest BCUT2D eigenvalue weighted by atomic mass is 10.0. The summed E-state index contributed by atoms with van der Waals surface area (Å²) < 4.78 is 16.9. The maximum absolute atomic E-state index is 12.9. The van der Waals surface area contributed by atoms with Gasteiger partial charge >= 0.3 is 17.9 Å². The van der Waals surface area contributed by atoms with Gasteiger partial charge in [0.25, 0.3) is 0 Å². The molecule has 77 heavy (non-hydrogen) atoms. The number of carbonyl (C=O) groups is 3. The summed E-state index contributed by atoms with van der Waals surface area (Å²) in [5.74, 6) is -0.826. The molecule has 0 aromatic carbocycles. The minimum atomic E-state index is -0.762. The molecular weight excluding hydrogens is 949 g/mol. The van der Waals surface area contributed by atoms with Crippen LogP contribution in [0.25, 0.3) is 0 Å². The van der Waals surface area contributed by atoms with Crippen molar-refractivity contribution < 1.29 is 28.6 Å². The Balaban J connectivity index is 4.03. The van der Waals surface area contributed by atoms with Crippen molar-refractivity contribution in [1.82, 2.24) is 0 Å². The minimum Gasteiger partial charge on any atom is -0.462 e. The van der Waals surface area contributed by atoms with Gasteiger partial charge in [0.1, 0.15) is 13.2 Å². The lowest BCUT2D eigenvalue weighted by Crippen LogP contribution is -2.30. The molecule has 0 rings (SSSR count). The molecule has 0 aliphatic heterocycles. The molecule has 0 bridgehead atoms. The van der Waals surface area contributed by atoms with E-state index in [1.165, 1.54) is 321 Å². The fourth-order valence-corrected chi connectivity index (χ4v) is 11.3. The largest absolute Gasteiger partial charge is 0.462 e. The molecule has 0 aromatic heterocycles. The van der Waals surface area contributed by atoms with Crippen molar-refractivity contribution in [3.63, 3.8) is 0 Å². The van der Waals surface area contributed by atoms with Gasteiger partial charge in [-0.3, -0.25) is 14.4 Å². The molecule has 0 heterocycles. The first-order valence-electron chi connectivity index (χ1n) is 35.5. The Morgan fingerprint density at radius 2 is 0.351 bits per heavy atom. The lowest BCUT2D eigenvalue weighted by Gasteiger charge is -2.18. The summed E-state index contributed by atoms with van der Waals surface area (Å²) in [7, 11) is 0. The molecule has 0 N–H and O–H groups in total. The Bertz CT molecular complexity index is 1160. The summed E-state index contributed by atoms with van der Waals surface area (Å²) in [5.41, 5.74) is 0. The number of rotatable bonds is 67. The summed E-state index contributed by atoms with van der Waals surface area (Å²) in [6.45, 7) is 6.72. The van der Waals surface area contributed by atoms with Gasteiger partial charge in [0.05, 0.1) is 0 Å². The number of ether oxygens (including phenoxy) is 3. The van der Waals surface area contributed by atoms with Crippen LogP contribution in [0.5, 0.6) is 0 Å². The highest BCUT2D eigenvalue weighted by Crippen LogP contribution is 2.20. The molecule has 0 fully saturated rings. The van der Waals surface area contributed by atoms with Gasteiger partial charge in [0.2, 0.25) is 0 Å². The fourth-order valence-electron chi connectivity index (χ4n) is 11.3. The molecule has 0 aliphatic rings. The van der Waals surface area contributed by atoms with Gasteiger partial charge in [0.15, 0.2) is 6.10 Å². The molecule has 0 spiro atoms. The van der Waals surface area contributed by atoms with Crippen LogP contribution in [0.3, 0.4) is 0 Å². The topological polar surface area (TPSA) is 78.9 Å². The third-order valence-electron chi connectivity index (χ3n) is 16.6. The first-order valence-corrected chi connectivity index (χ1v) is 35.5. The van der Waals surface area contributed by atoms with E-state index in [9.17, 15) is 14.4 Å². The zero-order chi connectivity index (χ0) is 55.7. The predicted octanol–water partition coefficient (Wildman–Crippen LogP) is 24.2. The molecule has 0 radical (unpaired) electrons. The van der Waals surface area contributed by atoms with E-state index in [4.69, 9.17) is 14.2 Å². The van der Waals surface area contributed by atoms with Gasteiger partial charge in [-0.25, -0.2) is 0 Å². The standard InChI is InChI=1S/C71H138O6/c1-4-7-10-13-16-19-22-24-26-28-30-31-32-33-34-35-36-37-38-39-40-41-42-44-45-47-49-52-55-58-61-64-70(73)76-67-68(66-75-69(72)63-60-57-54-51-21-18-15-12-9-6-3)77-71(74)65-62-59-56-53-50-48-46-43-29-27-25-23-20-17-14-11-8-5-2/h68H,4-67H2,1-3H3. The monoisotopic (exact) mass is 1090 g/mol. The molecule has 1 unspecified atom stereocenters. The van der Waals surface area contributed by atoms with Gasteiger partial charge in [0, 0.05) is 19.3 Å². The quantitative estimate of drug-likeness (QED) is 0.0343. The Labute approximate surface area is 482 Å². The summed E-state index contributed by atoms with van der Waals surface area (Å²) >= 11 is 0. The first-order chi connectivity index (χ1) is 38.0. The van der Waals surface area contributed by atoms with Crippen LogP contribution < -0.4 is 0 Å². The zero-order valence-corrected chi connectivity index (χ0v) is 52.8. The zero-order valence-electron chi connectivity index (χ0n) is 52.8. The second-order valence-corrected chi connectivity index (χ2v) is 24.5. The van der Waals surface area contributed by atoms with E-state index in [0.29, 0.717) is 19.3 Å². The Hall–Kier alpha value is -1.59. The first kappa shape index (κ1) is 75.4. The summed E-state index contributed by atoms with van der Waals surface area (Å²) in [6.07, 6.45) is 78.7. The van der Waals surface area contributed by atoms with Crippen LogP contribution in [0.4, 0.5) is 0 Å². The molecule has 0 aromatic rings. The van der Waals surface area contributed by atoms with Crippen LogP contribution in [0, 0.1) is 0 Å². The predicted molar refractivity (Wildman–Crippen MR) is 335 cm³/mol. The lowest BCUT2D eigenvalue weighted by molar-refractivity contribution is -0.167. The smallest absolute Gasteiger partial charge is 0.306 e. The van der Waals surface area contributed by atoms with Gasteiger partial charge in [-0.2, -0.15) is 0 Å². The Morgan fingerprint density at radius 3 is 0.519 bits per heavy atom. The molecule has 0 aliphatic carbocycles. The molecule has 0 amide bonds. The van der Waals surface area contributed by atoms with Crippen LogP contribution in [0.15, 0.2) is 0 Å². The summed E-state index contributed by atoms with van der Waals surface area (Å²) in [6, 6.07) is 0. The van der Waals surface area contributed by atoms with E-state index in [0.717, 1.165) is 57.8 Å². The van der Waals surface area contributed by atoms with Crippen molar-refractivity contribution in [3.05, 3.63) is 0 Å². The van der Waals surface area contributed by atoms with E-state index >= 15 is 0 Å². The molecule has 458 valence electrons. The average molecular weight is 1090 g/mol. The maximum Gasteiger partial charge on any atom is 0.306 e. The van der Waals surface area contributed by atoms with E-state index < -0.39 is 6.10 Å². The van der Waals surface area contributed by atoms with Crippen molar-refractivity contribution >= 4 is 17.9 Å². The Morgan fingerprint density at radius 1 is 0.208 bits per heavy atom. The number of hydrogen-bond donors (Lipinski definition) is 0. The van der Waals surface area contributed by atoms with Crippen molar-refractivity contribution in [2.45, 2.75) is 425 Å². The van der Waals surface area contributed by atoms with Gasteiger partial charge in [-0.1, -0.05) is 380 Å². The Kier molecular flexibility index (Phi) is 65.5. The number of carbonyl (C=O) groups excluding carboxylic acids is 3. The van der Waals surface area contributed by atoms with Gasteiger partial charge in [-0.15, -0.1) is 0 Å². The molecule has 0 saturated carbocycles. The number of esters is 3. The highest BCUT2D eigenvalue weighted by atomic mass is 16.6. The van der Waals surface area contributed by atoms with Crippen LogP contribution in [-0.2, 0) is 28.6 Å². The number of hydrogen-bond acceptors (Lipinski definition) is 6. The van der Waals surface area contributed by atoms with E-state index in [1.807, 2.05) is 0 Å². The SMILES string of the molecule is CCCCCCCCCCCCCCCCCCCCCCCCCCCCCCCCCC(=O)OCC(COC(=O)CCCCCCCCCCCC)OC(=O)CCCCCCCCCCCCCCCCCCCC. The number of unbranched alkanes of at least 4 members (excludes halogenated alkanes) is 56. The van der Waals surface area contributed by atoms with Crippen molar-refractivity contribution in [2.75, 3.05) is 13.2 Å². The second kappa shape index (κ2) is 66.9. The van der Waals surface area contributed by atoms with Crippen LogP contribution in [0.1, 0.15) is 419 Å². The highest BCUT2D eigenvalue weighted by molar-refractivity contribution is 5.71. The van der Waals surface area contributed by atoms with Crippen molar-refractivity contribution in [2.24, 2.45) is 0 Å². The second-order valence-electron chi connectivity index (χ2n) is 24.5.